The third-order valence-corrected chi connectivity index (χ3v) is 2.94. The Balaban J connectivity index is 2.60. The van der Waals surface area contributed by atoms with Crippen LogP contribution in [0.15, 0.2) is 48.6 Å². The summed E-state index contributed by atoms with van der Waals surface area (Å²) in [5.41, 5.74) is 2.97. The van der Waals surface area contributed by atoms with Crippen LogP contribution in [0, 0.1) is 11.3 Å². The normalized spacial score (nSPS) is 10.1. The smallest absolute Gasteiger partial charge is 0.0998 e. The SMILES string of the molecule is C=C(C)CN(C)c1ccc(C#N)c2ccccc12. The van der Waals surface area contributed by atoms with Crippen LogP contribution in [0.1, 0.15) is 12.5 Å². The molecule has 2 rings (SSSR count). The molecule has 0 aliphatic carbocycles. The maximum Gasteiger partial charge on any atom is 0.0998 e. The molecule has 0 atom stereocenters. The second-order valence-corrected chi connectivity index (χ2v) is 4.60. The summed E-state index contributed by atoms with van der Waals surface area (Å²) in [5, 5.41) is 11.2. The molecule has 2 aromatic carbocycles. The monoisotopic (exact) mass is 236 g/mol. The fraction of sp³-hybridized carbons (Fsp3) is 0.188. The lowest BCUT2D eigenvalue weighted by atomic mass is 10.0. The molecule has 0 radical (unpaired) electrons. The molecule has 0 spiro atoms. The van der Waals surface area contributed by atoms with Crippen LogP contribution in [-0.4, -0.2) is 13.6 Å². The van der Waals surface area contributed by atoms with Crippen LogP contribution >= 0.6 is 0 Å². The van der Waals surface area contributed by atoms with E-state index in [4.69, 9.17) is 5.26 Å². The van der Waals surface area contributed by atoms with Crippen LogP contribution < -0.4 is 4.90 Å². The highest BCUT2D eigenvalue weighted by molar-refractivity contribution is 5.97. The van der Waals surface area contributed by atoms with Gasteiger partial charge < -0.3 is 4.90 Å². The van der Waals surface area contributed by atoms with Gasteiger partial charge in [-0.3, -0.25) is 0 Å². The van der Waals surface area contributed by atoms with Crippen molar-refractivity contribution >= 4 is 16.5 Å². The molecule has 0 saturated heterocycles. The summed E-state index contributed by atoms with van der Waals surface area (Å²) in [6.45, 7) is 6.77. The van der Waals surface area contributed by atoms with Crippen LogP contribution in [0.5, 0.6) is 0 Å². The molecular formula is C16H16N2. The molecule has 0 aromatic heterocycles. The van der Waals surface area contributed by atoms with E-state index in [1.165, 1.54) is 0 Å². The van der Waals surface area contributed by atoms with Crippen LogP contribution in [0.3, 0.4) is 0 Å². The maximum absolute atomic E-state index is 9.13. The maximum atomic E-state index is 9.13. The summed E-state index contributed by atoms with van der Waals surface area (Å²) in [5.74, 6) is 0. The number of hydrogen-bond acceptors (Lipinski definition) is 2. The summed E-state index contributed by atoms with van der Waals surface area (Å²) in [6, 6.07) is 14.1. The van der Waals surface area contributed by atoms with Gasteiger partial charge in [-0.1, -0.05) is 36.4 Å². The lowest BCUT2D eigenvalue weighted by Crippen LogP contribution is -2.19. The van der Waals surface area contributed by atoms with E-state index in [-0.39, 0.29) is 0 Å². The van der Waals surface area contributed by atoms with E-state index in [0.717, 1.165) is 34.1 Å². The summed E-state index contributed by atoms with van der Waals surface area (Å²) >= 11 is 0. The number of nitriles is 1. The van der Waals surface area contributed by atoms with E-state index >= 15 is 0 Å². The van der Waals surface area contributed by atoms with Crippen LogP contribution in [0.25, 0.3) is 10.8 Å². The molecule has 0 aliphatic heterocycles. The largest absolute Gasteiger partial charge is 0.370 e. The molecule has 90 valence electrons. The first kappa shape index (κ1) is 12.2. The molecule has 0 N–H and O–H groups in total. The molecule has 2 aromatic rings. The molecule has 2 heteroatoms. The average Bonchev–Trinajstić information content (AvgIpc) is 2.36. The highest BCUT2D eigenvalue weighted by atomic mass is 15.1. The van der Waals surface area contributed by atoms with Gasteiger partial charge in [0.15, 0.2) is 0 Å². The Hall–Kier alpha value is -2.27. The van der Waals surface area contributed by atoms with E-state index in [1.54, 1.807) is 0 Å². The lowest BCUT2D eigenvalue weighted by Gasteiger charge is -2.21. The van der Waals surface area contributed by atoms with Crippen LogP contribution in [0.4, 0.5) is 5.69 Å². The zero-order valence-corrected chi connectivity index (χ0v) is 10.8. The van der Waals surface area contributed by atoms with Crippen molar-refractivity contribution in [3.8, 4) is 6.07 Å². The molecule has 0 bridgehead atoms. The Kier molecular flexibility index (Phi) is 3.34. The fourth-order valence-electron chi connectivity index (χ4n) is 2.20. The van der Waals surface area contributed by atoms with Crippen LogP contribution in [0.2, 0.25) is 0 Å². The first-order valence-corrected chi connectivity index (χ1v) is 5.91. The minimum Gasteiger partial charge on any atom is -0.370 e. The number of benzene rings is 2. The van der Waals surface area contributed by atoms with Gasteiger partial charge in [-0.25, -0.2) is 0 Å². The lowest BCUT2D eigenvalue weighted by molar-refractivity contribution is 0.991. The molecule has 2 nitrogen and oxygen atoms in total. The molecule has 0 amide bonds. The Labute approximate surface area is 108 Å². The van der Waals surface area contributed by atoms with Gasteiger partial charge in [0.25, 0.3) is 0 Å². The average molecular weight is 236 g/mol. The van der Waals surface area contributed by atoms with Crippen molar-refractivity contribution in [1.82, 2.24) is 0 Å². The van der Waals surface area contributed by atoms with Gasteiger partial charge in [-0.05, 0) is 19.1 Å². The highest BCUT2D eigenvalue weighted by Crippen LogP contribution is 2.28. The molecule has 0 unspecified atom stereocenters. The molecule has 0 heterocycles. The third-order valence-electron chi connectivity index (χ3n) is 2.94. The fourth-order valence-corrected chi connectivity index (χ4v) is 2.20. The highest BCUT2D eigenvalue weighted by Gasteiger charge is 2.08. The summed E-state index contributed by atoms with van der Waals surface area (Å²) < 4.78 is 0. The van der Waals surface area contributed by atoms with Crippen molar-refractivity contribution in [2.75, 3.05) is 18.5 Å². The second kappa shape index (κ2) is 4.93. The number of fused-ring (bicyclic) bond motifs is 1. The predicted molar refractivity (Wildman–Crippen MR) is 76.7 cm³/mol. The molecule has 0 saturated carbocycles. The van der Waals surface area contributed by atoms with Crippen molar-refractivity contribution in [2.24, 2.45) is 0 Å². The Morgan fingerprint density at radius 1 is 1.22 bits per heavy atom. The molecule has 18 heavy (non-hydrogen) atoms. The number of nitrogens with zero attached hydrogens (tertiary/aromatic N) is 2. The van der Waals surface area contributed by atoms with Crippen LogP contribution in [-0.2, 0) is 0 Å². The third kappa shape index (κ3) is 2.21. The minimum absolute atomic E-state index is 0.720. The molecule has 0 fully saturated rings. The summed E-state index contributed by atoms with van der Waals surface area (Å²) in [6.07, 6.45) is 0. The number of hydrogen-bond donors (Lipinski definition) is 0. The first-order valence-electron chi connectivity index (χ1n) is 5.91. The van der Waals surface area contributed by atoms with E-state index in [0.29, 0.717) is 0 Å². The molecular weight excluding hydrogens is 220 g/mol. The summed E-state index contributed by atoms with van der Waals surface area (Å²) in [7, 11) is 2.04. The number of anilines is 1. The van der Waals surface area contributed by atoms with Gasteiger partial charge in [0.2, 0.25) is 0 Å². The number of likely N-dealkylation sites (N-methyl/N-ethyl adjacent to an activating group) is 1. The predicted octanol–water partition coefficient (Wildman–Crippen LogP) is 3.72. The zero-order chi connectivity index (χ0) is 13.1. The van der Waals surface area contributed by atoms with E-state index < -0.39 is 0 Å². The van der Waals surface area contributed by atoms with E-state index in [9.17, 15) is 0 Å². The van der Waals surface area contributed by atoms with Gasteiger partial charge >= 0.3 is 0 Å². The minimum atomic E-state index is 0.720. The number of rotatable bonds is 3. The van der Waals surface area contributed by atoms with Gasteiger partial charge in [0.1, 0.15) is 0 Å². The zero-order valence-electron chi connectivity index (χ0n) is 10.8. The van der Waals surface area contributed by atoms with Gasteiger partial charge in [0.05, 0.1) is 11.6 Å². The van der Waals surface area contributed by atoms with Crippen molar-refractivity contribution in [3.63, 3.8) is 0 Å². The molecule has 0 aliphatic rings. The quantitative estimate of drug-likeness (QED) is 0.759. The van der Waals surface area contributed by atoms with Gasteiger partial charge in [-0.15, -0.1) is 0 Å². The van der Waals surface area contributed by atoms with Crippen molar-refractivity contribution < 1.29 is 0 Å². The van der Waals surface area contributed by atoms with Crippen molar-refractivity contribution in [3.05, 3.63) is 54.1 Å². The van der Waals surface area contributed by atoms with E-state index in [1.807, 2.05) is 44.3 Å². The summed E-state index contributed by atoms with van der Waals surface area (Å²) in [4.78, 5) is 2.16. The second-order valence-electron chi connectivity index (χ2n) is 4.60. The van der Waals surface area contributed by atoms with Gasteiger partial charge in [0, 0.05) is 30.1 Å². The van der Waals surface area contributed by atoms with Crippen molar-refractivity contribution in [1.29, 1.82) is 5.26 Å². The van der Waals surface area contributed by atoms with Gasteiger partial charge in [-0.2, -0.15) is 5.26 Å². The Morgan fingerprint density at radius 2 is 1.89 bits per heavy atom. The topological polar surface area (TPSA) is 27.0 Å². The first-order chi connectivity index (χ1) is 8.63. The van der Waals surface area contributed by atoms with E-state index in [2.05, 4.69) is 23.6 Å². The van der Waals surface area contributed by atoms with Crippen molar-refractivity contribution in [2.45, 2.75) is 6.92 Å². The Morgan fingerprint density at radius 3 is 2.50 bits per heavy atom. The Bertz CT molecular complexity index is 635. The standard InChI is InChI=1S/C16H16N2/c1-12(2)11-18(3)16-9-8-13(10-17)14-6-4-5-7-15(14)16/h4-9H,1,11H2,2-3H3.